The summed E-state index contributed by atoms with van der Waals surface area (Å²) in [5, 5.41) is 5.63. The molecule has 0 saturated carbocycles. The van der Waals surface area contributed by atoms with Crippen LogP contribution in [0.25, 0.3) is 0 Å². The fourth-order valence-electron chi connectivity index (χ4n) is 1.57. The van der Waals surface area contributed by atoms with Crippen LogP contribution in [-0.2, 0) is 4.74 Å². The average Bonchev–Trinajstić information content (AvgIpc) is 2.77. The minimum atomic E-state index is -0.522. The second-order valence-electron chi connectivity index (χ2n) is 3.56. The molecule has 1 amide bonds. The van der Waals surface area contributed by atoms with Gasteiger partial charge in [0.1, 0.15) is 0 Å². The highest BCUT2D eigenvalue weighted by atomic mass is 79.9. The Morgan fingerprint density at radius 2 is 2.47 bits per heavy atom. The zero-order valence-corrected chi connectivity index (χ0v) is 10.8. The van der Waals surface area contributed by atoms with Gasteiger partial charge in [-0.1, -0.05) is 28.1 Å². The van der Waals surface area contributed by atoms with Crippen LogP contribution < -0.4 is 10.6 Å². The molecule has 0 aromatic heterocycles. The minimum Gasteiger partial charge on any atom is -0.453 e. The molecular formula is C11H12BrN3O2. The summed E-state index contributed by atoms with van der Waals surface area (Å²) in [4.78, 5) is 15.2. The van der Waals surface area contributed by atoms with Crippen LogP contribution in [0.5, 0.6) is 0 Å². The second kappa shape index (κ2) is 5.18. The molecule has 2 N–H and O–H groups in total. The van der Waals surface area contributed by atoms with Crippen LogP contribution in [0, 0.1) is 0 Å². The molecule has 1 aliphatic rings. The third-order valence-corrected chi connectivity index (χ3v) is 2.89. The fourth-order valence-corrected chi connectivity index (χ4v) is 1.99. The van der Waals surface area contributed by atoms with E-state index < -0.39 is 6.09 Å². The number of carbonyl (C=O) groups excluding carboxylic acids is 1. The first-order chi connectivity index (χ1) is 8.19. The van der Waals surface area contributed by atoms with Crippen LogP contribution in [-0.4, -0.2) is 25.7 Å². The second-order valence-corrected chi connectivity index (χ2v) is 4.47. The highest BCUT2D eigenvalue weighted by molar-refractivity contribution is 9.10. The summed E-state index contributed by atoms with van der Waals surface area (Å²) in [7, 11) is 1.32. The molecule has 1 unspecified atom stereocenters. The van der Waals surface area contributed by atoms with Crippen molar-refractivity contribution in [2.45, 2.75) is 6.04 Å². The largest absolute Gasteiger partial charge is 0.453 e. The number of ether oxygens (including phenoxy) is 1. The maximum atomic E-state index is 11.0. The van der Waals surface area contributed by atoms with Gasteiger partial charge in [0.05, 0.1) is 19.7 Å². The number of hydrogen-bond donors (Lipinski definition) is 2. The summed E-state index contributed by atoms with van der Waals surface area (Å²) in [5.41, 5.74) is 1.12. The molecule has 6 heteroatoms. The van der Waals surface area contributed by atoms with E-state index in [0.29, 0.717) is 12.5 Å². The van der Waals surface area contributed by atoms with Gasteiger partial charge in [-0.2, -0.15) is 0 Å². The van der Waals surface area contributed by atoms with E-state index in [2.05, 4.69) is 36.3 Å². The molecular weight excluding hydrogens is 286 g/mol. The normalized spacial score (nSPS) is 18.2. The SMILES string of the molecule is COC(=O)NC1=NCC(c2cccc(Br)c2)N1. The van der Waals surface area contributed by atoms with E-state index in [0.717, 1.165) is 10.0 Å². The quantitative estimate of drug-likeness (QED) is 0.831. The number of rotatable bonds is 1. The van der Waals surface area contributed by atoms with E-state index in [1.165, 1.54) is 7.11 Å². The van der Waals surface area contributed by atoms with E-state index in [9.17, 15) is 4.79 Å². The number of nitrogens with zero attached hydrogens (tertiary/aromatic N) is 1. The van der Waals surface area contributed by atoms with E-state index >= 15 is 0 Å². The number of halogens is 1. The van der Waals surface area contributed by atoms with Gasteiger partial charge in [-0.05, 0) is 17.7 Å². The molecule has 0 bridgehead atoms. The van der Waals surface area contributed by atoms with Crippen molar-refractivity contribution in [2.24, 2.45) is 4.99 Å². The van der Waals surface area contributed by atoms with Gasteiger partial charge in [-0.3, -0.25) is 10.3 Å². The Morgan fingerprint density at radius 3 is 3.18 bits per heavy atom. The average molecular weight is 298 g/mol. The molecule has 0 aliphatic carbocycles. The van der Waals surface area contributed by atoms with Crippen molar-refractivity contribution in [1.29, 1.82) is 0 Å². The molecule has 5 nitrogen and oxygen atoms in total. The van der Waals surface area contributed by atoms with Crippen LogP contribution in [0.1, 0.15) is 11.6 Å². The highest BCUT2D eigenvalue weighted by Gasteiger charge is 2.20. The summed E-state index contributed by atoms with van der Waals surface area (Å²) >= 11 is 3.42. The van der Waals surface area contributed by atoms with Crippen molar-refractivity contribution in [3.8, 4) is 0 Å². The summed E-state index contributed by atoms with van der Waals surface area (Å²) < 4.78 is 5.51. The van der Waals surface area contributed by atoms with Gasteiger partial charge in [0.15, 0.2) is 0 Å². The highest BCUT2D eigenvalue weighted by Crippen LogP contribution is 2.20. The first-order valence-electron chi connectivity index (χ1n) is 5.10. The Morgan fingerprint density at radius 1 is 1.65 bits per heavy atom. The summed E-state index contributed by atoms with van der Waals surface area (Å²) in [6.07, 6.45) is -0.522. The van der Waals surface area contributed by atoms with Crippen LogP contribution in [0.15, 0.2) is 33.7 Å². The molecule has 1 aromatic rings. The zero-order valence-electron chi connectivity index (χ0n) is 9.24. The summed E-state index contributed by atoms with van der Waals surface area (Å²) in [6, 6.07) is 8.05. The lowest BCUT2D eigenvalue weighted by Crippen LogP contribution is -2.39. The third kappa shape index (κ3) is 2.97. The smallest absolute Gasteiger partial charge is 0.413 e. The van der Waals surface area contributed by atoms with Gasteiger partial charge < -0.3 is 10.1 Å². The lowest BCUT2D eigenvalue weighted by molar-refractivity contribution is 0.176. The summed E-state index contributed by atoms with van der Waals surface area (Å²) in [5.74, 6) is 0.446. The van der Waals surface area contributed by atoms with Crippen molar-refractivity contribution in [1.82, 2.24) is 10.6 Å². The van der Waals surface area contributed by atoms with E-state index in [-0.39, 0.29) is 6.04 Å². The number of amides is 1. The molecule has 2 rings (SSSR count). The van der Waals surface area contributed by atoms with Crippen LogP contribution in [0.4, 0.5) is 4.79 Å². The Bertz CT molecular complexity index is 462. The van der Waals surface area contributed by atoms with Crippen molar-refractivity contribution in [3.63, 3.8) is 0 Å². The topological polar surface area (TPSA) is 62.7 Å². The van der Waals surface area contributed by atoms with Crippen LogP contribution in [0.2, 0.25) is 0 Å². The molecule has 0 spiro atoms. The van der Waals surface area contributed by atoms with Gasteiger partial charge in [0.2, 0.25) is 5.96 Å². The molecule has 17 heavy (non-hydrogen) atoms. The van der Waals surface area contributed by atoms with Crippen LogP contribution in [0.3, 0.4) is 0 Å². The van der Waals surface area contributed by atoms with Gasteiger partial charge in [0, 0.05) is 4.47 Å². The predicted molar refractivity (Wildman–Crippen MR) is 67.9 cm³/mol. The number of nitrogens with one attached hydrogen (secondary N) is 2. The fraction of sp³-hybridized carbons (Fsp3) is 0.273. The molecule has 1 aromatic carbocycles. The monoisotopic (exact) mass is 297 g/mol. The van der Waals surface area contributed by atoms with Crippen molar-refractivity contribution < 1.29 is 9.53 Å². The minimum absolute atomic E-state index is 0.0830. The molecule has 1 heterocycles. The lowest BCUT2D eigenvalue weighted by atomic mass is 10.1. The Labute approximate surface area is 107 Å². The molecule has 1 atom stereocenters. The standard InChI is InChI=1S/C11H12BrN3O2/c1-17-11(16)15-10-13-6-9(14-10)7-3-2-4-8(12)5-7/h2-5,9H,6H2,1H3,(H2,13,14,15,16). The number of alkyl carbamates (subject to hydrolysis) is 1. The number of benzene rings is 1. The number of methoxy groups -OCH3 is 1. The maximum Gasteiger partial charge on any atom is 0.413 e. The molecule has 0 saturated heterocycles. The molecule has 0 fully saturated rings. The number of guanidine groups is 1. The third-order valence-electron chi connectivity index (χ3n) is 2.40. The molecule has 0 radical (unpaired) electrons. The van der Waals surface area contributed by atoms with E-state index in [1.807, 2.05) is 24.3 Å². The first-order valence-corrected chi connectivity index (χ1v) is 5.90. The molecule has 90 valence electrons. The van der Waals surface area contributed by atoms with E-state index in [1.54, 1.807) is 0 Å². The summed E-state index contributed by atoms with van der Waals surface area (Å²) in [6.45, 7) is 0.593. The van der Waals surface area contributed by atoms with Crippen molar-refractivity contribution in [3.05, 3.63) is 34.3 Å². The zero-order chi connectivity index (χ0) is 12.3. The predicted octanol–water partition coefficient (Wildman–Crippen LogP) is 1.81. The van der Waals surface area contributed by atoms with Gasteiger partial charge in [-0.15, -0.1) is 0 Å². The molecule has 1 aliphatic heterocycles. The van der Waals surface area contributed by atoms with Crippen molar-refractivity contribution >= 4 is 28.0 Å². The number of carbonyl (C=O) groups is 1. The van der Waals surface area contributed by atoms with Gasteiger partial charge in [-0.25, -0.2) is 4.79 Å². The lowest BCUT2D eigenvalue weighted by Gasteiger charge is -2.12. The van der Waals surface area contributed by atoms with Gasteiger partial charge in [0.25, 0.3) is 0 Å². The van der Waals surface area contributed by atoms with Crippen LogP contribution >= 0.6 is 15.9 Å². The van der Waals surface area contributed by atoms with Gasteiger partial charge >= 0.3 is 6.09 Å². The Hall–Kier alpha value is -1.56. The first kappa shape index (κ1) is 11.9. The maximum absolute atomic E-state index is 11.0. The number of hydrogen-bond acceptors (Lipinski definition) is 4. The van der Waals surface area contributed by atoms with Crippen molar-refractivity contribution in [2.75, 3.05) is 13.7 Å². The number of aliphatic imine (C=N–C) groups is 1. The Balaban J connectivity index is 1.98. The van der Waals surface area contributed by atoms with E-state index in [4.69, 9.17) is 0 Å². The Kier molecular flexibility index (Phi) is 3.63.